The Hall–Kier alpha value is -0.920. The van der Waals surface area contributed by atoms with Crippen LogP contribution >= 0.6 is 0 Å². The Balaban J connectivity index is 1.60. The quantitative estimate of drug-likeness (QED) is 0.666. The van der Waals surface area contributed by atoms with Gasteiger partial charge in [-0.1, -0.05) is 0 Å². The summed E-state index contributed by atoms with van der Waals surface area (Å²) >= 11 is 0. The van der Waals surface area contributed by atoms with Crippen molar-refractivity contribution in [3.8, 4) is 0 Å². The fraction of sp³-hybridized carbons (Fsp3) is 0.700. The van der Waals surface area contributed by atoms with Crippen LogP contribution in [0.2, 0.25) is 0 Å². The summed E-state index contributed by atoms with van der Waals surface area (Å²) in [4.78, 5) is 6.23. The van der Waals surface area contributed by atoms with Gasteiger partial charge in [0.25, 0.3) is 10.0 Å². The maximum absolute atomic E-state index is 11.6. The van der Waals surface area contributed by atoms with Crippen LogP contribution in [0.25, 0.3) is 0 Å². The molecular weight excluding hydrogens is 242 g/mol. The SMILES string of the molecule is O=S(=O)(NCCCOCC1CC1)c1cnc[nH]1. The highest BCUT2D eigenvalue weighted by molar-refractivity contribution is 7.89. The first-order chi connectivity index (χ1) is 8.18. The average molecular weight is 259 g/mol. The van der Waals surface area contributed by atoms with Gasteiger partial charge >= 0.3 is 0 Å². The van der Waals surface area contributed by atoms with Crippen molar-refractivity contribution in [2.75, 3.05) is 19.8 Å². The molecule has 6 nitrogen and oxygen atoms in total. The zero-order valence-electron chi connectivity index (χ0n) is 9.55. The highest BCUT2D eigenvalue weighted by Gasteiger charge is 2.21. The van der Waals surface area contributed by atoms with Crippen LogP contribution in [0.1, 0.15) is 19.3 Å². The molecule has 1 aliphatic rings. The number of nitrogens with zero attached hydrogens (tertiary/aromatic N) is 1. The number of hydrogen-bond acceptors (Lipinski definition) is 4. The Labute approximate surface area is 101 Å². The molecule has 1 aliphatic carbocycles. The predicted molar refractivity (Wildman–Crippen MR) is 61.9 cm³/mol. The Bertz CT molecular complexity index is 426. The number of nitrogens with one attached hydrogen (secondary N) is 2. The molecule has 0 bridgehead atoms. The third-order valence-electron chi connectivity index (χ3n) is 2.57. The summed E-state index contributed by atoms with van der Waals surface area (Å²) in [6, 6.07) is 0. The predicted octanol–water partition coefficient (Wildman–Crippen LogP) is 0.505. The number of rotatable bonds is 8. The van der Waals surface area contributed by atoms with Crippen LogP contribution in [0.3, 0.4) is 0 Å². The molecule has 2 N–H and O–H groups in total. The highest BCUT2D eigenvalue weighted by atomic mass is 32.2. The highest BCUT2D eigenvalue weighted by Crippen LogP contribution is 2.28. The number of hydrogen-bond donors (Lipinski definition) is 2. The van der Waals surface area contributed by atoms with E-state index in [0.717, 1.165) is 12.5 Å². The first-order valence-corrected chi connectivity index (χ1v) is 7.22. The third-order valence-corrected chi connectivity index (χ3v) is 3.96. The van der Waals surface area contributed by atoms with E-state index in [-0.39, 0.29) is 5.03 Å². The van der Waals surface area contributed by atoms with Crippen molar-refractivity contribution in [1.82, 2.24) is 14.7 Å². The molecule has 0 saturated heterocycles. The summed E-state index contributed by atoms with van der Waals surface area (Å²) < 4.78 is 31.1. The van der Waals surface area contributed by atoms with Gasteiger partial charge < -0.3 is 9.72 Å². The summed E-state index contributed by atoms with van der Waals surface area (Å²) in [5.74, 6) is 0.747. The fourth-order valence-electron chi connectivity index (χ4n) is 1.38. The van der Waals surface area contributed by atoms with Crippen molar-refractivity contribution < 1.29 is 13.2 Å². The fourth-order valence-corrected chi connectivity index (χ4v) is 2.36. The number of H-pyrrole nitrogens is 1. The first-order valence-electron chi connectivity index (χ1n) is 5.74. The van der Waals surface area contributed by atoms with E-state index in [1.54, 1.807) is 0 Å². The summed E-state index contributed by atoms with van der Waals surface area (Å²) in [6.07, 6.45) is 5.85. The molecule has 0 atom stereocenters. The van der Waals surface area contributed by atoms with E-state index in [1.165, 1.54) is 25.4 Å². The number of imidazole rings is 1. The zero-order valence-corrected chi connectivity index (χ0v) is 10.4. The molecule has 1 aromatic rings. The Kier molecular flexibility index (Phi) is 4.14. The van der Waals surface area contributed by atoms with Gasteiger partial charge in [-0.2, -0.15) is 0 Å². The third kappa shape index (κ3) is 4.10. The largest absolute Gasteiger partial charge is 0.381 e. The second kappa shape index (κ2) is 5.61. The Morgan fingerprint density at radius 2 is 2.35 bits per heavy atom. The van der Waals surface area contributed by atoms with Crippen LogP contribution in [0.4, 0.5) is 0 Å². The van der Waals surface area contributed by atoms with E-state index in [2.05, 4.69) is 14.7 Å². The molecule has 0 amide bonds. The topological polar surface area (TPSA) is 84.1 Å². The summed E-state index contributed by atoms with van der Waals surface area (Å²) in [7, 11) is -3.43. The minimum absolute atomic E-state index is 0.0939. The van der Waals surface area contributed by atoms with Crippen LogP contribution in [-0.4, -0.2) is 38.1 Å². The van der Waals surface area contributed by atoms with Crippen molar-refractivity contribution in [3.05, 3.63) is 12.5 Å². The van der Waals surface area contributed by atoms with Crippen molar-refractivity contribution in [2.24, 2.45) is 5.92 Å². The molecule has 0 aliphatic heterocycles. The number of aromatic nitrogens is 2. The lowest BCUT2D eigenvalue weighted by atomic mass is 10.4. The molecular formula is C10H17N3O3S. The minimum Gasteiger partial charge on any atom is -0.381 e. The standard InChI is InChI=1S/C10H17N3O3S/c14-17(15,10-6-11-8-12-10)13-4-1-5-16-7-9-2-3-9/h6,8-9,13H,1-5,7H2,(H,11,12). The van der Waals surface area contributed by atoms with E-state index < -0.39 is 10.0 Å². The Morgan fingerprint density at radius 3 is 3.00 bits per heavy atom. The van der Waals surface area contributed by atoms with Gasteiger partial charge in [-0.25, -0.2) is 18.1 Å². The molecule has 0 unspecified atom stereocenters. The number of aromatic amines is 1. The lowest BCUT2D eigenvalue weighted by molar-refractivity contribution is 0.123. The monoisotopic (exact) mass is 259 g/mol. The van der Waals surface area contributed by atoms with Crippen LogP contribution < -0.4 is 4.72 Å². The molecule has 0 aromatic carbocycles. The molecule has 1 heterocycles. The van der Waals surface area contributed by atoms with Gasteiger partial charge in [0.05, 0.1) is 12.5 Å². The van der Waals surface area contributed by atoms with Gasteiger partial charge in [0, 0.05) is 19.8 Å². The Morgan fingerprint density at radius 1 is 1.53 bits per heavy atom. The number of ether oxygens (including phenoxy) is 1. The zero-order chi connectivity index (χ0) is 12.1. The molecule has 1 aromatic heterocycles. The number of sulfonamides is 1. The van der Waals surface area contributed by atoms with Gasteiger partial charge in [0.1, 0.15) is 0 Å². The summed E-state index contributed by atoms with van der Waals surface area (Å²) in [6.45, 7) is 1.79. The normalized spacial score (nSPS) is 16.2. The van der Waals surface area contributed by atoms with Crippen molar-refractivity contribution >= 4 is 10.0 Å². The van der Waals surface area contributed by atoms with Gasteiger partial charge in [0.2, 0.25) is 0 Å². The van der Waals surface area contributed by atoms with Gasteiger partial charge in [0.15, 0.2) is 5.03 Å². The summed E-state index contributed by atoms with van der Waals surface area (Å²) in [5.41, 5.74) is 0. The van der Waals surface area contributed by atoms with Crippen molar-refractivity contribution in [2.45, 2.75) is 24.3 Å². The van der Waals surface area contributed by atoms with Crippen molar-refractivity contribution in [1.29, 1.82) is 0 Å². The second-order valence-electron chi connectivity index (χ2n) is 4.19. The van der Waals surface area contributed by atoms with Crippen LogP contribution in [0.5, 0.6) is 0 Å². The molecule has 7 heteroatoms. The minimum atomic E-state index is -3.43. The van der Waals surface area contributed by atoms with E-state index in [9.17, 15) is 8.42 Å². The molecule has 0 spiro atoms. The van der Waals surface area contributed by atoms with Crippen molar-refractivity contribution in [3.63, 3.8) is 0 Å². The van der Waals surface area contributed by atoms with E-state index in [4.69, 9.17) is 4.74 Å². The molecule has 1 saturated carbocycles. The molecule has 0 radical (unpaired) electrons. The van der Waals surface area contributed by atoms with Gasteiger partial charge in [-0.15, -0.1) is 0 Å². The molecule has 17 heavy (non-hydrogen) atoms. The summed E-state index contributed by atoms with van der Waals surface area (Å²) in [5, 5.41) is 0.0939. The first kappa shape index (κ1) is 12.5. The maximum Gasteiger partial charge on any atom is 0.257 e. The molecule has 1 fully saturated rings. The molecule has 96 valence electrons. The van der Waals surface area contributed by atoms with Gasteiger partial charge in [-0.3, -0.25) is 0 Å². The van der Waals surface area contributed by atoms with Crippen LogP contribution in [0, 0.1) is 5.92 Å². The van der Waals surface area contributed by atoms with E-state index in [1.807, 2.05) is 0 Å². The average Bonchev–Trinajstić information content (AvgIpc) is 2.94. The van der Waals surface area contributed by atoms with Crippen LogP contribution in [0.15, 0.2) is 17.6 Å². The lowest BCUT2D eigenvalue weighted by Crippen LogP contribution is -2.25. The molecule has 2 rings (SSSR count). The smallest absolute Gasteiger partial charge is 0.257 e. The lowest BCUT2D eigenvalue weighted by Gasteiger charge is -2.05. The van der Waals surface area contributed by atoms with Crippen LogP contribution in [-0.2, 0) is 14.8 Å². The van der Waals surface area contributed by atoms with Gasteiger partial charge in [-0.05, 0) is 25.2 Å². The van der Waals surface area contributed by atoms with E-state index in [0.29, 0.717) is 19.6 Å². The second-order valence-corrected chi connectivity index (χ2v) is 5.92. The maximum atomic E-state index is 11.6. The van der Waals surface area contributed by atoms with E-state index >= 15 is 0 Å².